The molecule has 0 spiro atoms. The van der Waals surface area contributed by atoms with Gasteiger partial charge in [0, 0.05) is 45.8 Å². The maximum Gasteiger partial charge on any atom is 0.289 e. The average molecular weight is 503 g/mol. The van der Waals surface area contributed by atoms with Crippen molar-refractivity contribution >= 4 is 35.8 Å². The number of amides is 1. The molecule has 2 aliphatic heterocycles. The number of aliphatic imine (C=N–C) groups is 1. The van der Waals surface area contributed by atoms with Crippen LogP contribution in [0.1, 0.15) is 37.2 Å². The summed E-state index contributed by atoms with van der Waals surface area (Å²) in [5.41, 5.74) is 0. The van der Waals surface area contributed by atoms with E-state index in [1.807, 2.05) is 4.90 Å². The molecule has 1 aromatic heterocycles. The second kappa shape index (κ2) is 11.6. The van der Waals surface area contributed by atoms with E-state index in [4.69, 9.17) is 9.41 Å². The summed E-state index contributed by atoms with van der Waals surface area (Å²) in [4.78, 5) is 24.0. The van der Waals surface area contributed by atoms with Gasteiger partial charge in [0.15, 0.2) is 11.7 Å². The van der Waals surface area contributed by atoms with Gasteiger partial charge in [-0.25, -0.2) is 0 Å². The lowest BCUT2D eigenvalue weighted by Crippen LogP contribution is -2.53. The highest BCUT2D eigenvalue weighted by atomic mass is 127. The Balaban J connectivity index is 0.00000280. The predicted octanol–water partition coefficient (Wildman–Crippen LogP) is 2.35. The van der Waals surface area contributed by atoms with Gasteiger partial charge in [0.05, 0.1) is 6.26 Å². The number of halogens is 1. The Kier molecular flexibility index (Phi) is 9.57. The van der Waals surface area contributed by atoms with Crippen molar-refractivity contribution in [2.75, 3.05) is 58.9 Å². The average Bonchev–Trinajstić information content (AvgIpc) is 3.37. The first-order chi connectivity index (χ1) is 13.2. The van der Waals surface area contributed by atoms with Gasteiger partial charge in [0.25, 0.3) is 5.91 Å². The Hall–Kier alpha value is -1.29. The number of nitrogens with zero attached hydrogens (tertiary/aromatic N) is 4. The molecule has 28 heavy (non-hydrogen) atoms. The Morgan fingerprint density at radius 1 is 1.21 bits per heavy atom. The molecule has 0 aromatic carbocycles. The Morgan fingerprint density at radius 2 is 1.96 bits per heavy atom. The minimum absolute atomic E-state index is 0. The first kappa shape index (κ1) is 23.0. The van der Waals surface area contributed by atoms with Gasteiger partial charge in [-0.05, 0) is 50.9 Å². The van der Waals surface area contributed by atoms with Gasteiger partial charge in [-0.15, -0.1) is 24.0 Å². The number of furan rings is 1. The third kappa shape index (κ3) is 6.10. The minimum atomic E-state index is -0.0245. The summed E-state index contributed by atoms with van der Waals surface area (Å²) in [6, 6.07) is 3.48. The van der Waals surface area contributed by atoms with Crippen LogP contribution >= 0.6 is 24.0 Å². The SMILES string of the molecule is CCCN1CCC(CN=C(NCC)N2CCN(C(=O)c3ccco3)CC2)C1.I. The van der Waals surface area contributed by atoms with Crippen LogP contribution in [0.3, 0.4) is 0 Å². The maximum atomic E-state index is 12.4. The molecule has 0 aliphatic carbocycles. The lowest BCUT2D eigenvalue weighted by atomic mass is 10.1. The second-order valence-electron chi connectivity index (χ2n) is 7.41. The summed E-state index contributed by atoms with van der Waals surface area (Å²) in [6.45, 7) is 12.6. The Bertz CT molecular complexity index is 614. The van der Waals surface area contributed by atoms with Crippen LogP contribution in [0.4, 0.5) is 0 Å². The quantitative estimate of drug-likeness (QED) is 0.367. The van der Waals surface area contributed by atoms with Gasteiger partial charge in [-0.1, -0.05) is 6.92 Å². The third-order valence-corrected chi connectivity index (χ3v) is 5.34. The summed E-state index contributed by atoms with van der Waals surface area (Å²) in [6.07, 6.45) is 4.01. The number of piperazine rings is 1. The molecule has 3 heterocycles. The van der Waals surface area contributed by atoms with Crippen molar-refractivity contribution < 1.29 is 9.21 Å². The Morgan fingerprint density at radius 3 is 2.61 bits per heavy atom. The van der Waals surface area contributed by atoms with Crippen LogP contribution in [0.15, 0.2) is 27.8 Å². The molecule has 3 rings (SSSR count). The zero-order valence-corrected chi connectivity index (χ0v) is 19.4. The summed E-state index contributed by atoms with van der Waals surface area (Å²) < 4.78 is 5.24. The summed E-state index contributed by atoms with van der Waals surface area (Å²) >= 11 is 0. The number of likely N-dealkylation sites (tertiary alicyclic amines) is 1. The monoisotopic (exact) mass is 503 g/mol. The number of carbonyl (C=O) groups is 1. The molecule has 1 aromatic rings. The topological polar surface area (TPSA) is 64.3 Å². The van der Waals surface area contributed by atoms with Crippen LogP contribution in [0, 0.1) is 5.92 Å². The molecule has 8 heteroatoms. The summed E-state index contributed by atoms with van der Waals surface area (Å²) in [7, 11) is 0. The van der Waals surface area contributed by atoms with E-state index < -0.39 is 0 Å². The molecular weight excluding hydrogens is 469 g/mol. The van der Waals surface area contributed by atoms with Crippen molar-refractivity contribution in [1.82, 2.24) is 20.0 Å². The van der Waals surface area contributed by atoms with Crippen LogP contribution in [-0.2, 0) is 0 Å². The molecule has 1 atom stereocenters. The van der Waals surface area contributed by atoms with Crippen molar-refractivity contribution in [2.24, 2.45) is 10.9 Å². The smallest absolute Gasteiger partial charge is 0.289 e. The number of hydrogen-bond acceptors (Lipinski definition) is 4. The van der Waals surface area contributed by atoms with Crippen molar-refractivity contribution in [2.45, 2.75) is 26.7 Å². The molecule has 0 radical (unpaired) electrons. The fourth-order valence-electron chi connectivity index (χ4n) is 3.90. The van der Waals surface area contributed by atoms with Crippen LogP contribution in [-0.4, -0.2) is 85.5 Å². The van der Waals surface area contributed by atoms with E-state index in [2.05, 4.69) is 29.0 Å². The first-order valence-corrected chi connectivity index (χ1v) is 10.3. The van der Waals surface area contributed by atoms with Gasteiger partial charge in [-0.3, -0.25) is 9.79 Å². The molecule has 1 unspecified atom stereocenters. The van der Waals surface area contributed by atoms with E-state index in [1.165, 1.54) is 32.5 Å². The number of nitrogens with one attached hydrogen (secondary N) is 1. The highest BCUT2D eigenvalue weighted by Crippen LogP contribution is 2.17. The van der Waals surface area contributed by atoms with Crippen molar-refractivity contribution in [1.29, 1.82) is 0 Å². The van der Waals surface area contributed by atoms with Gasteiger partial charge < -0.3 is 24.4 Å². The van der Waals surface area contributed by atoms with Gasteiger partial charge in [0.1, 0.15) is 0 Å². The normalized spacial score (nSPS) is 20.9. The lowest BCUT2D eigenvalue weighted by Gasteiger charge is -2.36. The van der Waals surface area contributed by atoms with Gasteiger partial charge in [-0.2, -0.15) is 0 Å². The van der Waals surface area contributed by atoms with Crippen molar-refractivity contribution in [3.8, 4) is 0 Å². The standard InChI is InChI=1S/C20H33N5O2.HI/c1-3-8-23-9-7-17(16-23)15-22-20(21-4-2)25-12-10-24(11-13-25)19(26)18-6-5-14-27-18;/h5-6,14,17H,3-4,7-13,15-16H2,1-2H3,(H,21,22);1H. The van der Waals surface area contributed by atoms with E-state index in [9.17, 15) is 4.79 Å². The molecule has 2 aliphatic rings. The van der Waals surface area contributed by atoms with Crippen LogP contribution in [0.2, 0.25) is 0 Å². The van der Waals surface area contributed by atoms with E-state index in [0.717, 1.165) is 32.1 Å². The fourth-order valence-corrected chi connectivity index (χ4v) is 3.90. The van der Waals surface area contributed by atoms with Crippen LogP contribution in [0.25, 0.3) is 0 Å². The highest BCUT2D eigenvalue weighted by molar-refractivity contribution is 14.0. The number of hydrogen-bond donors (Lipinski definition) is 1. The van der Waals surface area contributed by atoms with Crippen molar-refractivity contribution in [3.63, 3.8) is 0 Å². The molecule has 2 fully saturated rings. The lowest BCUT2D eigenvalue weighted by molar-refractivity contribution is 0.0657. The van der Waals surface area contributed by atoms with E-state index in [0.29, 0.717) is 24.8 Å². The third-order valence-electron chi connectivity index (χ3n) is 5.34. The zero-order chi connectivity index (χ0) is 19.1. The van der Waals surface area contributed by atoms with Crippen molar-refractivity contribution in [3.05, 3.63) is 24.2 Å². The van der Waals surface area contributed by atoms with Gasteiger partial charge >= 0.3 is 0 Å². The summed E-state index contributed by atoms with van der Waals surface area (Å²) in [5.74, 6) is 2.04. The van der Waals surface area contributed by atoms with Gasteiger partial charge in [0.2, 0.25) is 0 Å². The van der Waals surface area contributed by atoms with E-state index in [1.54, 1.807) is 18.4 Å². The zero-order valence-electron chi connectivity index (χ0n) is 17.1. The maximum absolute atomic E-state index is 12.4. The largest absolute Gasteiger partial charge is 0.459 e. The Labute approximate surface area is 185 Å². The molecule has 2 saturated heterocycles. The number of rotatable bonds is 6. The molecule has 0 saturated carbocycles. The number of carbonyl (C=O) groups excluding carboxylic acids is 1. The molecule has 1 amide bonds. The van der Waals surface area contributed by atoms with Crippen LogP contribution in [0.5, 0.6) is 0 Å². The summed E-state index contributed by atoms with van der Waals surface area (Å²) in [5, 5.41) is 3.42. The molecule has 7 nitrogen and oxygen atoms in total. The van der Waals surface area contributed by atoms with E-state index in [-0.39, 0.29) is 29.9 Å². The fraction of sp³-hybridized carbons (Fsp3) is 0.700. The highest BCUT2D eigenvalue weighted by Gasteiger charge is 2.26. The predicted molar refractivity (Wildman–Crippen MR) is 122 cm³/mol. The number of guanidine groups is 1. The molecular formula is C20H34IN5O2. The van der Waals surface area contributed by atoms with Crippen LogP contribution < -0.4 is 5.32 Å². The second-order valence-corrected chi connectivity index (χ2v) is 7.41. The minimum Gasteiger partial charge on any atom is -0.459 e. The molecule has 0 bridgehead atoms. The van der Waals surface area contributed by atoms with E-state index >= 15 is 0 Å². The molecule has 1 N–H and O–H groups in total. The molecule has 158 valence electrons. The first-order valence-electron chi connectivity index (χ1n) is 10.3.